The number of hydrogen-bond acceptors (Lipinski definition) is 1. The first kappa shape index (κ1) is 18.6. The Hall–Kier alpha value is -3.46. The third-order valence-electron chi connectivity index (χ3n) is 5.62. The van der Waals surface area contributed by atoms with E-state index in [-0.39, 0.29) is 5.41 Å². The summed E-state index contributed by atoms with van der Waals surface area (Å²) in [6.45, 7) is 7.48. The number of hydrogen-bond donors (Lipinski definition) is 0. The molecule has 30 heavy (non-hydrogen) atoms. The Morgan fingerprint density at radius 1 is 0.833 bits per heavy atom. The van der Waals surface area contributed by atoms with Gasteiger partial charge in [0.1, 0.15) is 12.2 Å². The second kappa shape index (κ2) is 7.10. The Kier molecular flexibility index (Phi) is 4.39. The van der Waals surface area contributed by atoms with Crippen LogP contribution in [0, 0.1) is 0 Å². The smallest absolute Gasteiger partial charge is 0.247 e. The van der Waals surface area contributed by atoms with Crippen molar-refractivity contribution >= 4 is 16.7 Å². The van der Waals surface area contributed by atoms with Crippen LogP contribution in [0.3, 0.4) is 0 Å². The molecule has 2 aromatic carbocycles. The summed E-state index contributed by atoms with van der Waals surface area (Å²) in [6.07, 6.45) is 2.15. The highest BCUT2D eigenvalue weighted by atomic mass is 15.1. The average molecular weight is 393 g/mol. The molecule has 0 fully saturated rings. The third-order valence-corrected chi connectivity index (χ3v) is 5.62. The minimum atomic E-state index is -0.0408. The van der Waals surface area contributed by atoms with Crippen LogP contribution >= 0.6 is 0 Å². The Balaban J connectivity index is 1.90. The lowest BCUT2D eigenvalue weighted by atomic mass is 9.91. The van der Waals surface area contributed by atoms with Crippen LogP contribution < -0.4 is 4.57 Å². The van der Waals surface area contributed by atoms with E-state index in [1.807, 2.05) is 0 Å². The molecular formula is C27H26N3+. The van der Waals surface area contributed by atoms with Gasteiger partial charge in [-0.15, -0.1) is 0 Å². The molecular weight excluding hydrogens is 366 g/mol. The molecule has 0 atom stereocenters. The van der Waals surface area contributed by atoms with Gasteiger partial charge in [-0.2, -0.15) is 4.40 Å². The highest BCUT2D eigenvalue weighted by Crippen LogP contribution is 2.31. The maximum atomic E-state index is 5.21. The number of benzene rings is 2. The number of fused-ring (bicyclic) bond motifs is 3. The zero-order valence-corrected chi connectivity index (χ0v) is 17.7. The molecule has 5 aromatic rings. The van der Waals surface area contributed by atoms with Crippen LogP contribution in [0.25, 0.3) is 27.9 Å². The van der Waals surface area contributed by atoms with E-state index in [0.717, 1.165) is 23.5 Å². The summed E-state index contributed by atoms with van der Waals surface area (Å²) in [5, 5.41) is 0. The fourth-order valence-corrected chi connectivity index (χ4v) is 4.05. The van der Waals surface area contributed by atoms with Crippen LogP contribution in [0.1, 0.15) is 32.0 Å². The summed E-state index contributed by atoms with van der Waals surface area (Å²) < 4.78 is 4.69. The van der Waals surface area contributed by atoms with Gasteiger partial charge in [-0.05, 0) is 11.6 Å². The van der Waals surface area contributed by atoms with Crippen LogP contribution in [0.4, 0.5) is 0 Å². The summed E-state index contributed by atoms with van der Waals surface area (Å²) in [4.78, 5) is 5.21. The normalized spacial score (nSPS) is 12.0. The fourth-order valence-electron chi connectivity index (χ4n) is 4.05. The van der Waals surface area contributed by atoms with E-state index in [0.29, 0.717) is 0 Å². The van der Waals surface area contributed by atoms with Crippen molar-refractivity contribution in [1.82, 2.24) is 9.38 Å². The second-order valence-corrected chi connectivity index (χ2v) is 8.84. The third kappa shape index (κ3) is 3.17. The van der Waals surface area contributed by atoms with Gasteiger partial charge in [0, 0.05) is 23.1 Å². The van der Waals surface area contributed by atoms with Crippen molar-refractivity contribution in [2.24, 2.45) is 0 Å². The molecule has 0 spiro atoms. The maximum absolute atomic E-state index is 5.21. The molecule has 0 N–H and O–H groups in total. The second-order valence-electron chi connectivity index (χ2n) is 8.84. The monoisotopic (exact) mass is 392 g/mol. The SMILES string of the molecule is CC(C)(C)c1cc2c(c(-c3ccccc3)n1)[n+](Cc1ccccc1)c1ccccn21. The van der Waals surface area contributed by atoms with Crippen molar-refractivity contribution in [2.75, 3.05) is 0 Å². The van der Waals surface area contributed by atoms with Gasteiger partial charge >= 0.3 is 0 Å². The Morgan fingerprint density at radius 2 is 1.50 bits per heavy atom. The molecule has 0 aliphatic carbocycles. The van der Waals surface area contributed by atoms with Crippen molar-refractivity contribution in [2.45, 2.75) is 32.7 Å². The minimum absolute atomic E-state index is 0.0408. The maximum Gasteiger partial charge on any atom is 0.287 e. The van der Waals surface area contributed by atoms with E-state index in [1.165, 1.54) is 22.2 Å². The van der Waals surface area contributed by atoms with Crippen LogP contribution in [0.2, 0.25) is 0 Å². The highest BCUT2D eigenvalue weighted by Gasteiger charge is 2.27. The molecule has 0 saturated carbocycles. The molecule has 3 nitrogen and oxygen atoms in total. The zero-order valence-electron chi connectivity index (χ0n) is 17.7. The minimum Gasteiger partial charge on any atom is -0.247 e. The molecule has 0 saturated heterocycles. The number of aromatic nitrogens is 3. The Morgan fingerprint density at radius 3 is 2.20 bits per heavy atom. The van der Waals surface area contributed by atoms with Gasteiger partial charge in [-0.1, -0.05) is 87.5 Å². The molecule has 3 heteroatoms. The van der Waals surface area contributed by atoms with Gasteiger partial charge in [0.05, 0.1) is 11.9 Å². The number of nitrogens with zero attached hydrogens (tertiary/aromatic N) is 3. The molecule has 0 amide bonds. The molecule has 0 bridgehead atoms. The summed E-state index contributed by atoms with van der Waals surface area (Å²) in [6, 6.07) is 29.8. The first-order valence-corrected chi connectivity index (χ1v) is 10.5. The van der Waals surface area contributed by atoms with Crippen molar-refractivity contribution in [3.8, 4) is 11.3 Å². The summed E-state index contributed by atoms with van der Waals surface area (Å²) in [5.41, 5.74) is 8.06. The Labute approximate surface area is 177 Å². The van der Waals surface area contributed by atoms with Gasteiger partial charge in [0.2, 0.25) is 5.52 Å². The summed E-state index contributed by atoms with van der Waals surface area (Å²) in [5.74, 6) is 0. The van der Waals surface area contributed by atoms with Crippen LogP contribution in [0.15, 0.2) is 91.1 Å². The van der Waals surface area contributed by atoms with Gasteiger partial charge in [-0.3, -0.25) is 0 Å². The zero-order chi connectivity index (χ0) is 20.7. The van der Waals surface area contributed by atoms with E-state index in [4.69, 9.17) is 4.98 Å². The van der Waals surface area contributed by atoms with Crippen LogP contribution in [-0.4, -0.2) is 9.38 Å². The van der Waals surface area contributed by atoms with Crippen molar-refractivity contribution in [3.05, 3.63) is 102 Å². The molecule has 0 aliphatic heterocycles. The van der Waals surface area contributed by atoms with Crippen molar-refractivity contribution < 1.29 is 4.57 Å². The number of pyridine rings is 2. The van der Waals surface area contributed by atoms with Crippen molar-refractivity contribution in [3.63, 3.8) is 0 Å². The molecule has 0 unspecified atom stereocenters. The van der Waals surface area contributed by atoms with E-state index < -0.39 is 0 Å². The summed E-state index contributed by atoms with van der Waals surface area (Å²) >= 11 is 0. The average Bonchev–Trinajstić information content (AvgIpc) is 3.08. The van der Waals surface area contributed by atoms with Gasteiger partial charge < -0.3 is 0 Å². The van der Waals surface area contributed by atoms with E-state index in [1.54, 1.807) is 0 Å². The number of imidazole rings is 1. The largest absolute Gasteiger partial charge is 0.287 e. The van der Waals surface area contributed by atoms with Gasteiger partial charge in [0.15, 0.2) is 5.52 Å². The predicted octanol–water partition coefficient (Wildman–Crippen LogP) is 5.79. The fraction of sp³-hybridized carbons (Fsp3) is 0.185. The van der Waals surface area contributed by atoms with Crippen LogP contribution in [0.5, 0.6) is 0 Å². The molecule has 3 heterocycles. The van der Waals surface area contributed by atoms with Gasteiger partial charge in [0.25, 0.3) is 5.65 Å². The quantitative estimate of drug-likeness (QED) is 0.356. The van der Waals surface area contributed by atoms with E-state index in [9.17, 15) is 0 Å². The predicted molar refractivity (Wildman–Crippen MR) is 123 cm³/mol. The molecule has 3 aromatic heterocycles. The lowest BCUT2D eigenvalue weighted by Gasteiger charge is -2.18. The first-order chi connectivity index (χ1) is 14.5. The van der Waals surface area contributed by atoms with E-state index >= 15 is 0 Å². The molecule has 0 radical (unpaired) electrons. The summed E-state index contributed by atoms with van der Waals surface area (Å²) in [7, 11) is 0. The standard InChI is InChI=1S/C27H26N3/c1-27(2,3)23-18-22-26(25(28-23)21-14-8-5-9-15-21)30(19-20-12-6-4-7-13-20)24-16-10-11-17-29(22)24/h4-18H,19H2,1-3H3/q+1. The highest BCUT2D eigenvalue weighted by molar-refractivity contribution is 5.89. The Bertz CT molecular complexity index is 1330. The van der Waals surface area contributed by atoms with Gasteiger partial charge in [-0.25, -0.2) is 9.55 Å². The van der Waals surface area contributed by atoms with Crippen molar-refractivity contribution in [1.29, 1.82) is 0 Å². The molecule has 0 aliphatic rings. The first-order valence-electron chi connectivity index (χ1n) is 10.5. The number of rotatable bonds is 3. The molecule has 148 valence electrons. The van der Waals surface area contributed by atoms with E-state index in [2.05, 4.69) is 121 Å². The lowest BCUT2D eigenvalue weighted by Crippen LogP contribution is -2.34. The van der Waals surface area contributed by atoms with Crippen LogP contribution in [-0.2, 0) is 12.0 Å². The lowest BCUT2D eigenvalue weighted by molar-refractivity contribution is -0.636. The molecule has 5 rings (SSSR count). The topological polar surface area (TPSA) is 21.2 Å².